The van der Waals surface area contributed by atoms with Gasteiger partial charge >= 0.3 is 18.1 Å². The second kappa shape index (κ2) is 15.6. The molecule has 50 heavy (non-hydrogen) atoms. The lowest BCUT2D eigenvalue weighted by molar-refractivity contribution is 0.0335. The molecule has 6 rings (SSSR count). The van der Waals surface area contributed by atoms with Crippen molar-refractivity contribution in [2.45, 2.75) is 25.7 Å². The normalized spacial score (nSPS) is 10.7. The number of carbonyl (C=O) groups is 3. The van der Waals surface area contributed by atoms with Crippen LogP contribution in [0.2, 0.25) is 0 Å². The Morgan fingerprint density at radius 1 is 0.400 bits per heavy atom. The van der Waals surface area contributed by atoms with Crippen molar-refractivity contribution in [1.29, 1.82) is 0 Å². The molecule has 0 radical (unpaired) electrons. The van der Waals surface area contributed by atoms with Crippen LogP contribution < -0.4 is 0 Å². The maximum atomic E-state index is 13.2. The van der Waals surface area contributed by atoms with Crippen molar-refractivity contribution in [1.82, 2.24) is 0 Å². The fourth-order valence-corrected chi connectivity index (χ4v) is 5.93. The van der Waals surface area contributed by atoms with Crippen LogP contribution in [0.4, 0.5) is 4.79 Å². The third-order valence-electron chi connectivity index (χ3n) is 8.47. The Bertz CT molecular complexity index is 1960. The number of phenols is 2. The van der Waals surface area contributed by atoms with Gasteiger partial charge in [-0.3, -0.25) is 0 Å². The van der Waals surface area contributed by atoms with Gasteiger partial charge in [0.05, 0.1) is 0 Å². The third kappa shape index (κ3) is 8.14. The van der Waals surface area contributed by atoms with Crippen molar-refractivity contribution >= 4 is 18.1 Å². The van der Waals surface area contributed by atoms with Crippen molar-refractivity contribution in [2.24, 2.45) is 0 Å². The molecule has 0 aliphatic rings. The number of hydrogen-bond acceptors (Lipinski definition) is 7. The minimum Gasteiger partial charge on any atom is -0.507 e. The number of ether oxygens (including phenoxy) is 2. The van der Waals surface area contributed by atoms with E-state index in [2.05, 4.69) is 0 Å². The van der Waals surface area contributed by atoms with Gasteiger partial charge in [0.2, 0.25) is 0 Å². The molecule has 0 atom stereocenters. The van der Waals surface area contributed by atoms with Gasteiger partial charge in [-0.25, -0.2) is 14.4 Å². The van der Waals surface area contributed by atoms with Gasteiger partial charge in [0, 0.05) is 24.0 Å². The highest BCUT2D eigenvalue weighted by molar-refractivity contribution is 6.02. The Morgan fingerprint density at radius 2 is 0.700 bits per heavy atom. The maximum absolute atomic E-state index is 13.2. The average Bonchev–Trinajstić information content (AvgIpc) is 3.13. The van der Waals surface area contributed by atoms with E-state index < -0.39 is 18.1 Å². The van der Waals surface area contributed by atoms with Gasteiger partial charge in [-0.1, -0.05) is 133 Å². The van der Waals surface area contributed by atoms with E-state index in [-0.39, 0.29) is 22.6 Å². The van der Waals surface area contributed by atoms with Gasteiger partial charge < -0.3 is 19.7 Å². The second-order valence-electron chi connectivity index (χ2n) is 11.9. The first-order valence-corrected chi connectivity index (χ1v) is 16.2. The molecule has 248 valence electrons. The van der Waals surface area contributed by atoms with Crippen LogP contribution in [0, 0.1) is 0 Å². The first-order valence-electron chi connectivity index (χ1n) is 16.2. The lowest BCUT2D eigenvalue weighted by Gasteiger charge is -2.16. The zero-order chi connectivity index (χ0) is 34.9. The Labute approximate surface area is 290 Å². The number of phenolic OH excluding ortho intramolecular Hbond substituents is 2. The number of hydrogen-bond donors (Lipinski definition) is 2. The molecular weight excluding hydrogens is 628 g/mol. The summed E-state index contributed by atoms with van der Waals surface area (Å²) in [6, 6.07) is 44.5. The van der Waals surface area contributed by atoms with Gasteiger partial charge in [-0.2, -0.15) is 0 Å². The lowest BCUT2D eigenvalue weighted by atomic mass is 9.92. The molecule has 7 nitrogen and oxygen atoms in total. The molecule has 0 saturated heterocycles. The predicted octanol–water partition coefficient (Wildman–Crippen LogP) is 8.59. The summed E-state index contributed by atoms with van der Waals surface area (Å²) in [5, 5.41) is 22.6. The number of carbonyl (C=O) groups excluding carboxylic acids is 3. The van der Waals surface area contributed by atoms with E-state index in [1.807, 2.05) is 121 Å². The SMILES string of the molecule is O=C(OC(=O)c1ccc(Cc2ccccc2)c(Cc2ccccc2)c1O)OC(=O)c1ccc(Cc2ccccc2)c(Cc2ccccc2)c1O. The zero-order valence-corrected chi connectivity index (χ0v) is 27.1. The van der Waals surface area contributed by atoms with Crippen LogP contribution in [0.1, 0.15) is 65.2 Å². The summed E-state index contributed by atoms with van der Waals surface area (Å²) in [5.41, 5.74) is 5.95. The van der Waals surface area contributed by atoms with Crippen LogP contribution >= 0.6 is 0 Å². The van der Waals surface area contributed by atoms with E-state index in [1.165, 1.54) is 12.1 Å². The zero-order valence-electron chi connectivity index (χ0n) is 27.1. The third-order valence-corrected chi connectivity index (χ3v) is 8.47. The van der Waals surface area contributed by atoms with Crippen LogP contribution in [-0.2, 0) is 35.2 Å². The van der Waals surface area contributed by atoms with Gasteiger partial charge in [0.1, 0.15) is 22.6 Å². The molecule has 6 aromatic carbocycles. The molecule has 0 amide bonds. The van der Waals surface area contributed by atoms with E-state index in [0.29, 0.717) is 36.8 Å². The molecule has 0 spiro atoms. The Kier molecular flexibility index (Phi) is 10.4. The molecule has 0 aliphatic heterocycles. The summed E-state index contributed by atoms with van der Waals surface area (Å²) in [5.74, 6) is -3.03. The van der Waals surface area contributed by atoms with Gasteiger partial charge in [0.15, 0.2) is 0 Å². The number of benzene rings is 6. The van der Waals surface area contributed by atoms with E-state index >= 15 is 0 Å². The fraction of sp³-hybridized carbons (Fsp3) is 0.0930. The minimum atomic E-state index is -1.59. The lowest BCUT2D eigenvalue weighted by Crippen LogP contribution is -2.19. The summed E-state index contributed by atoms with van der Waals surface area (Å²) in [4.78, 5) is 39.1. The molecule has 2 N–H and O–H groups in total. The number of aromatic hydroxyl groups is 2. The Hall–Kier alpha value is -6.47. The molecule has 0 fully saturated rings. The van der Waals surface area contributed by atoms with Gasteiger partial charge in [0.25, 0.3) is 0 Å². The molecule has 0 saturated carbocycles. The van der Waals surface area contributed by atoms with Crippen LogP contribution in [0.3, 0.4) is 0 Å². The van der Waals surface area contributed by atoms with Crippen LogP contribution in [0.5, 0.6) is 11.5 Å². The molecule has 0 heterocycles. The molecular formula is C43H34O7. The van der Waals surface area contributed by atoms with E-state index in [4.69, 9.17) is 9.47 Å². The smallest absolute Gasteiger partial charge is 0.507 e. The van der Waals surface area contributed by atoms with Crippen LogP contribution in [-0.4, -0.2) is 28.3 Å². The molecule has 0 aromatic heterocycles. The van der Waals surface area contributed by atoms with Gasteiger partial charge in [-0.15, -0.1) is 0 Å². The van der Waals surface area contributed by atoms with Crippen molar-refractivity contribution < 1.29 is 34.1 Å². The standard InChI is InChI=1S/C43H34O7/c44-39-35(23-21-33(25-29-13-5-1-6-14-29)37(39)27-31-17-9-3-10-18-31)41(46)49-43(48)50-42(47)36-24-22-34(26-30-15-7-2-8-16-30)38(40(36)45)28-32-19-11-4-12-20-32/h1-24,44-45H,25-28H2. The molecule has 0 unspecified atom stereocenters. The van der Waals surface area contributed by atoms with Crippen LogP contribution in [0.25, 0.3) is 0 Å². The fourth-order valence-electron chi connectivity index (χ4n) is 5.93. The predicted molar refractivity (Wildman–Crippen MR) is 189 cm³/mol. The van der Waals surface area contributed by atoms with Crippen molar-refractivity contribution in [3.8, 4) is 11.5 Å². The summed E-state index contributed by atoms with van der Waals surface area (Å²) >= 11 is 0. The average molecular weight is 663 g/mol. The molecule has 0 aliphatic carbocycles. The van der Waals surface area contributed by atoms with E-state index in [0.717, 1.165) is 33.4 Å². The highest BCUT2D eigenvalue weighted by atomic mass is 16.8. The minimum absolute atomic E-state index is 0.254. The second-order valence-corrected chi connectivity index (χ2v) is 11.9. The summed E-state index contributed by atoms with van der Waals surface area (Å²) in [7, 11) is 0. The van der Waals surface area contributed by atoms with Crippen molar-refractivity contribution in [2.75, 3.05) is 0 Å². The molecule has 6 aromatic rings. The topological polar surface area (TPSA) is 110 Å². The Balaban J connectivity index is 1.21. The quantitative estimate of drug-likeness (QED) is 0.112. The summed E-state index contributed by atoms with van der Waals surface area (Å²) < 4.78 is 9.76. The van der Waals surface area contributed by atoms with E-state index in [1.54, 1.807) is 12.1 Å². The highest BCUT2D eigenvalue weighted by Crippen LogP contribution is 2.33. The van der Waals surface area contributed by atoms with E-state index in [9.17, 15) is 24.6 Å². The van der Waals surface area contributed by atoms with Crippen LogP contribution in [0.15, 0.2) is 146 Å². The number of rotatable bonds is 10. The number of esters is 2. The Morgan fingerprint density at radius 3 is 1.02 bits per heavy atom. The monoisotopic (exact) mass is 662 g/mol. The van der Waals surface area contributed by atoms with Crippen molar-refractivity contribution in [3.63, 3.8) is 0 Å². The first-order chi connectivity index (χ1) is 24.4. The van der Waals surface area contributed by atoms with Crippen molar-refractivity contribution in [3.05, 3.63) is 201 Å². The molecule has 0 bridgehead atoms. The summed E-state index contributed by atoms with van der Waals surface area (Å²) in [6.07, 6.45) is 0.0628. The first kappa shape index (κ1) is 33.4. The summed E-state index contributed by atoms with van der Waals surface area (Å²) in [6.45, 7) is 0. The molecule has 7 heteroatoms. The van der Waals surface area contributed by atoms with Gasteiger partial charge in [-0.05, 0) is 58.4 Å². The largest absolute Gasteiger partial charge is 0.524 e. The highest BCUT2D eigenvalue weighted by Gasteiger charge is 2.26. The maximum Gasteiger partial charge on any atom is 0.524 e.